The average Bonchev–Trinajstić information content (AvgIpc) is 2.79. The molecule has 2 heterocycles. The fraction of sp³-hybridized carbons (Fsp3) is 0.280. The molecule has 0 saturated carbocycles. The number of amides is 1. The number of hydrogen-bond acceptors (Lipinski definition) is 4. The van der Waals surface area contributed by atoms with Crippen molar-refractivity contribution in [2.75, 3.05) is 42.3 Å². The summed E-state index contributed by atoms with van der Waals surface area (Å²) in [4.78, 5) is 21.0. The fourth-order valence-corrected chi connectivity index (χ4v) is 3.96. The maximum atomic E-state index is 14.2. The van der Waals surface area contributed by atoms with E-state index >= 15 is 0 Å². The van der Waals surface area contributed by atoms with Gasteiger partial charge in [-0.25, -0.2) is 9.37 Å². The summed E-state index contributed by atoms with van der Waals surface area (Å²) in [6, 6.07) is 17.3. The molecule has 1 aliphatic heterocycles. The first-order valence-electron chi connectivity index (χ1n) is 10.6. The van der Waals surface area contributed by atoms with Crippen molar-refractivity contribution >= 4 is 23.1 Å². The molecule has 4 rings (SSSR count). The lowest BCUT2D eigenvalue weighted by Gasteiger charge is -2.31. The van der Waals surface area contributed by atoms with E-state index in [1.807, 2.05) is 36.4 Å². The molecule has 0 radical (unpaired) electrons. The van der Waals surface area contributed by atoms with Crippen LogP contribution in [0.25, 0.3) is 11.1 Å². The minimum atomic E-state index is -0.476. The van der Waals surface area contributed by atoms with E-state index in [4.69, 9.17) is 0 Å². The zero-order chi connectivity index (χ0) is 21.8. The van der Waals surface area contributed by atoms with Gasteiger partial charge in [0.2, 0.25) is 0 Å². The van der Waals surface area contributed by atoms with E-state index in [1.54, 1.807) is 19.0 Å². The number of halogens is 1. The van der Waals surface area contributed by atoms with Crippen molar-refractivity contribution in [3.8, 4) is 11.1 Å². The molecule has 160 valence electrons. The van der Waals surface area contributed by atoms with E-state index in [-0.39, 0.29) is 11.7 Å². The van der Waals surface area contributed by atoms with Crippen LogP contribution in [0.1, 0.15) is 29.6 Å². The van der Waals surface area contributed by atoms with Gasteiger partial charge >= 0.3 is 0 Å². The summed E-state index contributed by atoms with van der Waals surface area (Å²) in [5.74, 6) is -0.523. The van der Waals surface area contributed by atoms with Crippen LogP contribution in [-0.4, -0.2) is 38.1 Å². The Kier molecular flexibility index (Phi) is 6.16. The Balaban J connectivity index is 1.64. The minimum Gasteiger partial charge on any atom is -0.371 e. The summed E-state index contributed by atoms with van der Waals surface area (Å²) in [6.45, 7) is 1.96. The first kappa shape index (κ1) is 20.8. The molecule has 31 heavy (non-hydrogen) atoms. The van der Waals surface area contributed by atoms with E-state index in [0.29, 0.717) is 11.3 Å². The lowest BCUT2D eigenvalue weighted by Crippen LogP contribution is -2.30. The Morgan fingerprint density at radius 3 is 2.45 bits per heavy atom. The molecule has 2 aromatic carbocycles. The van der Waals surface area contributed by atoms with Crippen LogP contribution in [0.15, 0.2) is 60.8 Å². The number of pyridine rings is 1. The molecule has 1 aliphatic rings. The highest BCUT2D eigenvalue weighted by molar-refractivity contribution is 6.05. The highest BCUT2D eigenvalue weighted by atomic mass is 19.1. The highest BCUT2D eigenvalue weighted by Crippen LogP contribution is 2.34. The van der Waals surface area contributed by atoms with Crippen LogP contribution < -0.4 is 15.1 Å². The first-order chi connectivity index (χ1) is 15.0. The molecule has 1 amide bonds. The quantitative estimate of drug-likeness (QED) is 0.619. The van der Waals surface area contributed by atoms with Gasteiger partial charge in [-0.15, -0.1) is 0 Å². The zero-order valence-corrected chi connectivity index (χ0v) is 17.9. The third-order valence-corrected chi connectivity index (χ3v) is 5.54. The molecule has 0 aliphatic carbocycles. The van der Waals surface area contributed by atoms with Crippen molar-refractivity contribution in [1.29, 1.82) is 0 Å². The molecule has 1 fully saturated rings. The lowest BCUT2D eigenvalue weighted by molar-refractivity contribution is 0.102. The first-order valence-corrected chi connectivity index (χ1v) is 10.6. The van der Waals surface area contributed by atoms with E-state index in [9.17, 15) is 9.18 Å². The Morgan fingerprint density at radius 1 is 1.03 bits per heavy atom. The van der Waals surface area contributed by atoms with Crippen molar-refractivity contribution in [2.45, 2.75) is 19.3 Å². The predicted octanol–water partition coefficient (Wildman–Crippen LogP) is 5.20. The number of carbonyl (C=O) groups is 1. The number of anilines is 3. The zero-order valence-electron chi connectivity index (χ0n) is 17.9. The van der Waals surface area contributed by atoms with Crippen LogP contribution in [0.2, 0.25) is 0 Å². The number of hydrogen-bond donors (Lipinski definition) is 1. The highest BCUT2D eigenvalue weighted by Gasteiger charge is 2.18. The molecule has 6 heteroatoms. The molecular formula is C25H27FN4O. The summed E-state index contributed by atoms with van der Waals surface area (Å²) in [5.41, 5.74) is 4.17. The van der Waals surface area contributed by atoms with Crippen LogP contribution in [-0.2, 0) is 0 Å². The van der Waals surface area contributed by atoms with Gasteiger partial charge in [-0.3, -0.25) is 4.79 Å². The van der Waals surface area contributed by atoms with Gasteiger partial charge in [-0.05, 0) is 37.0 Å². The van der Waals surface area contributed by atoms with Gasteiger partial charge in [-0.1, -0.05) is 36.4 Å². The minimum absolute atomic E-state index is 0.234. The Bertz CT molecular complexity index is 1060. The molecule has 0 unspecified atom stereocenters. The van der Waals surface area contributed by atoms with E-state index in [2.05, 4.69) is 27.3 Å². The molecular weight excluding hydrogens is 391 g/mol. The molecule has 0 bridgehead atoms. The standard InChI is InChI=1S/C25H27FN4O/c1-29(2)24-22(26)16-20(17-27-24)28-25(31)19-11-12-21(18-9-5-3-6-10-18)23(15-19)30-13-7-4-8-14-30/h3,5-6,9-12,15-17H,4,7-8,13-14H2,1-2H3,(H,28,31). The number of piperidine rings is 1. The predicted molar refractivity (Wildman–Crippen MR) is 124 cm³/mol. The van der Waals surface area contributed by atoms with Crippen molar-refractivity contribution in [3.63, 3.8) is 0 Å². The molecule has 1 N–H and O–H groups in total. The smallest absolute Gasteiger partial charge is 0.255 e. The van der Waals surface area contributed by atoms with Gasteiger partial charge in [0.25, 0.3) is 5.91 Å². The van der Waals surface area contributed by atoms with Gasteiger partial charge in [0.15, 0.2) is 11.6 Å². The SMILES string of the molecule is CN(C)c1ncc(NC(=O)c2ccc(-c3ccccc3)c(N3CCCCC3)c2)cc1F. The maximum absolute atomic E-state index is 14.2. The summed E-state index contributed by atoms with van der Waals surface area (Å²) >= 11 is 0. The van der Waals surface area contributed by atoms with E-state index < -0.39 is 5.82 Å². The maximum Gasteiger partial charge on any atom is 0.255 e. The topological polar surface area (TPSA) is 48.5 Å². The Labute approximate surface area is 182 Å². The lowest BCUT2D eigenvalue weighted by atomic mass is 9.99. The summed E-state index contributed by atoms with van der Waals surface area (Å²) in [5, 5.41) is 2.78. The van der Waals surface area contributed by atoms with Crippen LogP contribution in [0, 0.1) is 5.82 Å². The number of carbonyl (C=O) groups excluding carboxylic acids is 1. The molecule has 0 atom stereocenters. The van der Waals surface area contributed by atoms with Gasteiger partial charge < -0.3 is 15.1 Å². The van der Waals surface area contributed by atoms with Gasteiger partial charge in [0, 0.05) is 50.1 Å². The third kappa shape index (κ3) is 4.68. The van der Waals surface area contributed by atoms with Crippen LogP contribution >= 0.6 is 0 Å². The number of rotatable bonds is 5. The summed E-state index contributed by atoms with van der Waals surface area (Å²) < 4.78 is 14.2. The third-order valence-electron chi connectivity index (χ3n) is 5.54. The van der Waals surface area contributed by atoms with Crippen molar-refractivity contribution in [3.05, 3.63) is 72.2 Å². The second kappa shape index (κ2) is 9.16. The molecule has 5 nitrogen and oxygen atoms in total. The molecule has 0 spiro atoms. The number of nitrogens with zero attached hydrogens (tertiary/aromatic N) is 3. The van der Waals surface area contributed by atoms with E-state index in [1.165, 1.54) is 18.7 Å². The summed E-state index contributed by atoms with van der Waals surface area (Å²) in [7, 11) is 3.44. The number of aromatic nitrogens is 1. The van der Waals surface area contributed by atoms with Gasteiger partial charge in [0.05, 0.1) is 11.9 Å². The van der Waals surface area contributed by atoms with Gasteiger partial charge in [0.1, 0.15) is 0 Å². The fourth-order valence-electron chi connectivity index (χ4n) is 3.96. The van der Waals surface area contributed by atoms with Gasteiger partial charge in [-0.2, -0.15) is 0 Å². The Morgan fingerprint density at radius 2 is 1.77 bits per heavy atom. The Hall–Kier alpha value is -3.41. The van der Waals surface area contributed by atoms with Crippen molar-refractivity contribution in [2.24, 2.45) is 0 Å². The second-order valence-electron chi connectivity index (χ2n) is 8.02. The van der Waals surface area contributed by atoms with Crippen LogP contribution in [0.4, 0.5) is 21.6 Å². The summed E-state index contributed by atoms with van der Waals surface area (Å²) in [6.07, 6.45) is 5.00. The second-order valence-corrected chi connectivity index (χ2v) is 8.02. The molecule has 3 aromatic rings. The van der Waals surface area contributed by atoms with Crippen molar-refractivity contribution in [1.82, 2.24) is 4.98 Å². The average molecular weight is 419 g/mol. The number of benzene rings is 2. The van der Waals surface area contributed by atoms with Crippen LogP contribution in [0.5, 0.6) is 0 Å². The molecule has 1 aromatic heterocycles. The van der Waals surface area contributed by atoms with Crippen molar-refractivity contribution < 1.29 is 9.18 Å². The monoisotopic (exact) mass is 418 g/mol. The molecule has 1 saturated heterocycles. The van der Waals surface area contributed by atoms with Crippen LogP contribution in [0.3, 0.4) is 0 Å². The number of nitrogens with one attached hydrogen (secondary N) is 1. The van der Waals surface area contributed by atoms with E-state index in [0.717, 1.165) is 42.7 Å². The normalized spacial score (nSPS) is 13.7. The largest absolute Gasteiger partial charge is 0.371 e.